The first-order valence-corrected chi connectivity index (χ1v) is 8.66. The van der Waals surface area contributed by atoms with Gasteiger partial charge in [-0.15, -0.1) is 0 Å². The van der Waals surface area contributed by atoms with E-state index in [0.29, 0.717) is 42.1 Å². The maximum absolute atomic E-state index is 12.8. The second kappa shape index (κ2) is 6.26. The maximum Gasteiger partial charge on any atom is 0.243 e. The summed E-state index contributed by atoms with van der Waals surface area (Å²) >= 11 is 0. The summed E-state index contributed by atoms with van der Waals surface area (Å²) in [5, 5.41) is 0. The highest BCUT2D eigenvalue weighted by Crippen LogP contribution is 2.29. The summed E-state index contributed by atoms with van der Waals surface area (Å²) in [6, 6.07) is 3.38. The predicted molar refractivity (Wildman–Crippen MR) is 83.1 cm³/mol. The highest BCUT2D eigenvalue weighted by atomic mass is 32.2. The third kappa shape index (κ3) is 3.10. The number of nitrogens with two attached hydrogens (primary N) is 1. The van der Waals surface area contributed by atoms with E-state index in [4.69, 9.17) is 10.5 Å². The minimum atomic E-state index is -3.56. The molecule has 1 heterocycles. The van der Waals surface area contributed by atoms with Crippen molar-refractivity contribution in [2.75, 3.05) is 20.2 Å². The molecule has 0 saturated carbocycles. The van der Waals surface area contributed by atoms with E-state index in [1.54, 1.807) is 26.2 Å². The lowest BCUT2D eigenvalue weighted by Gasteiger charge is -2.30. The van der Waals surface area contributed by atoms with Gasteiger partial charge in [0.15, 0.2) is 0 Å². The lowest BCUT2D eigenvalue weighted by atomic mass is 9.98. The number of piperidine rings is 1. The number of carbonyl (C=O) groups is 1. The SMILES string of the molecule is COc1cc(C)c(S(=O)(=O)N2CCC(C(N)=O)CC2)cc1C. The summed E-state index contributed by atoms with van der Waals surface area (Å²) in [5.74, 6) is 0.0857. The van der Waals surface area contributed by atoms with Gasteiger partial charge < -0.3 is 10.5 Å². The molecule has 1 aromatic rings. The van der Waals surface area contributed by atoms with Crippen LogP contribution in [0.1, 0.15) is 24.0 Å². The molecule has 1 aliphatic rings. The number of hydrogen-bond donors (Lipinski definition) is 1. The number of carbonyl (C=O) groups excluding carboxylic acids is 1. The largest absolute Gasteiger partial charge is 0.496 e. The lowest BCUT2D eigenvalue weighted by Crippen LogP contribution is -2.41. The third-order valence-electron chi connectivity index (χ3n) is 4.17. The van der Waals surface area contributed by atoms with Crippen LogP contribution < -0.4 is 10.5 Å². The highest BCUT2D eigenvalue weighted by molar-refractivity contribution is 7.89. The zero-order valence-electron chi connectivity index (χ0n) is 13.1. The Hall–Kier alpha value is -1.60. The van der Waals surface area contributed by atoms with E-state index in [1.807, 2.05) is 6.92 Å². The van der Waals surface area contributed by atoms with E-state index in [1.165, 1.54) is 4.31 Å². The van der Waals surface area contributed by atoms with Crippen LogP contribution in [0.3, 0.4) is 0 Å². The first kappa shape index (κ1) is 16.8. The van der Waals surface area contributed by atoms with Crippen molar-refractivity contribution in [1.82, 2.24) is 4.31 Å². The molecule has 1 aliphatic heterocycles. The Morgan fingerprint density at radius 3 is 2.32 bits per heavy atom. The monoisotopic (exact) mass is 326 g/mol. The number of ether oxygens (including phenoxy) is 1. The van der Waals surface area contributed by atoms with Crippen LogP contribution >= 0.6 is 0 Å². The average Bonchev–Trinajstić information content (AvgIpc) is 2.49. The molecule has 7 heteroatoms. The van der Waals surface area contributed by atoms with E-state index < -0.39 is 10.0 Å². The Labute approximate surface area is 131 Å². The predicted octanol–water partition coefficient (Wildman–Crippen LogP) is 1.20. The molecule has 0 radical (unpaired) electrons. The van der Waals surface area contributed by atoms with Crippen LogP contribution in [-0.2, 0) is 14.8 Å². The van der Waals surface area contributed by atoms with Crippen LogP contribution in [0.2, 0.25) is 0 Å². The molecule has 0 atom stereocenters. The fourth-order valence-electron chi connectivity index (χ4n) is 2.78. The van der Waals surface area contributed by atoms with Crippen LogP contribution in [0.25, 0.3) is 0 Å². The molecule has 6 nitrogen and oxygen atoms in total. The zero-order chi connectivity index (χ0) is 16.5. The van der Waals surface area contributed by atoms with Crippen LogP contribution in [0, 0.1) is 19.8 Å². The van der Waals surface area contributed by atoms with Crippen molar-refractivity contribution >= 4 is 15.9 Å². The fraction of sp³-hybridized carbons (Fsp3) is 0.533. The second-order valence-corrected chi connectivity index (χ2v) is 7.57. The van der Waals surface area contributed by atoms with Crippen LogP contribution in [-0.4, -0.2) is 38.8 Å². The zero-order valence-corrected chi connectivity index (χ0v) is 13.9. The van der Waals surface area contributed by atoms with Gasteiger partial charge in [0.25, 0.3) is 0 Å². The number of rotatable bonds is 4. The second-order valence-electron chi connectivity index (χ2n) is 5.67. The molecule has 1 aromatic carbocycles. The van der Waals surface area contributed by atoms with Gasteiger partial charge in [0.1, 0.15) is 5.75 Å². The maximum atomic E-state index is 12.8. The number of amides is 1. The van der Waals surface area contributed by atoms with E-state index in [-0.39, 0.29) is 11.8 Å². The molecular formula is C15H22N2O4S. The van der Waals surface area contributed by atoms with Crippen molar-refractivity contribution in [2.45, 2.75) is 31.6 Å². The van der Waals surface area contributed by atoms with Crippen molar-refractivity contribution in [2.24, 2.45) is 11.7 Å². The molecule has 0 aromatic heterocycles. The van der Waals surface area contributed by atoms with Gasteiger partial charge in [-0.3, -0.25) is 4.79 Å². The molecule has 1 saturated heterocycles. The summed E-state index contributed by atoms with van der Waals surface area (Å²) in [5.41, 5.74) is 6.72. The van der Waals surface area contributed by atoms with Gasteiger partial charge in [-0.1, -0.05) is 0 Å². The Kier molecular flexibility index (Phi) is 4.77. The molecular weight excluding hydrogens is 304 g/mol. The molecule has 1 fully saturated rings. The Morgan fingerprint density at radius 2 is 1.82 bits per heavy atom. The molecule has 2 N–H and O–H groups in total. The third-order valence-corrected chi connectivity index (χ3v) is 6.21. The van der Waals surface area contributed by atoms with Gasteiger partial charge in [-0.25, -0.2) is 8.42 Å². The van der Waals surface area contributed by atoms with E-state index >= 15 is 0 Å². The van der Waals surface area contributed by atoms with Crippen molar-refractivity contribution in [3.05, 3.63) is 23.3 Å². The minimum Gasteiger partial charge on any atom is -0.496 e. The Bertz CT molecular complexity index is 677. The lowest BCUT2D eigenvalue weighted by molar-refractivity contribution is -0.122. The summed E-state index contributed by atoms with van der Waals surface area (Å²) < 4.78 is 32.3. The molecule has 0 aliphatic carbocycles. The number of aryl methyl sites for hydroxylation is 2. The van der Waals surface area contributed by atoms with Gasteiger partial charge in [0.2, 0.25) is 15.9 Å². The molecule has 0 bridgehead atoms. The van der Waals surface area contributed by atoms with Crippen molar-refractivity contribution < 1.29 is 17.9 Å². The van der Waals surface area contributed by atoms with Crippen molar-refractivity contribution in [3.63, 3.8) is 0 Å². The summed E-state index contributed by atoms with van der Waals surface area (Å²) in [4.78, 5) is 11.5. The van der Waals surface area contributed by atoms with Crippen LogP contribution in [0.5, 0.6) is 5.75 Å². The standard InChI is InChI=1S/C15H22N2O4S/c1-10-9-14(11(2)8-13(10)21-3)22(19,20)17-6-4-12(5-7-17)15(16)18/h8-9,12H,4-7H2,1-3H3,(H2,16,18). The number of benzene rings is 1. The molecule has 1 amide bonds. The number of primary amides is 1. The first-order chi connectivity index (χ1) is 10.3. The Morgan fingerprint density at radius 1 is 1.23 bits per heavy atom. The summed E-state index contributed by atoms with van der Waals surface area (Å²) in [6.07, 6.45) is 0.950. The van der Waals surface area contributed by atoms with Gasteiger partial charge in [0.05, 0.1) is 12.0 Å². The summed E-state index contributed by atoms with van der Waals surface area (Å²) in [6.45, 7) is 4.21. The van der Waals surface area contributed by atoms with Crippen LogP contribution in [0.4, 0.5) is 0 Å². The van der Waals surface area contributed by atoms with Gasteiger partial charge >= 0.3 is 0 Å². The van der Waals surface area contributed by atoms with Gasteiger partial charge in [-0.05, 0) is 49.9 Å². The van der Waals surface area contributed by atoms with Gasteiger partial charge in [0, 0.05) is 19.0 Å². The molecule has 22 heavy (non-hydrogen) atoms. The average molecular weight is 326 g/mol. The number of methoxy groups -OCH3 is 1. The number of nitrogens with zero attached hydrogens (tertiary/aromatic N) is 1. The fourth-order valence-corrected chi connectivity index (χ4v) is 4.54. The van der Waals surface area contributed by atoms with Crippen molar-refractivity contribution in [1.29, 1.82) is 0 Å². The van der Waals surface area contributed by atoms with E-state index in [0.717, 1.165) is 5.56 Å². The number of sulfonamides is 1. The molecule has 0 unspecified atom stereocenters. The van der Waals surface area contributed by atoms with E-state index in [2.05, 4.69) is 0 Å². The first-order valence-electron chi connectivity index (χ1n) is 7.22. The number of hydrogen-bond acceptors (Lipinski definition) is 4. The smallest absolute Gasteiger partial charge is 0.243 e. The van der Waals surface area contributed by atoms with E-state index in [9.17, 15) is 13.2 Å². The molecule has 122 valence electrons. The van der Waals surface area contributed by atoms with Crippen LogP contribution in [0.15, 0.2) is 17.0 Å². The minimum absolute atomic E-state index is 0.231. The van der Waals surface area contributed by atoms with Crippen molar-refractivity contribution in [3.8, 4) is 5.75 Å². The van der Waals surface area contributed by atoms with Gasteiger partial charge in [-0.2, -0.15) is 4.31 Å². The molecule has 2 rings (SSSR count). The highest BCUT2D eigenvalue weighted by Gasteiger charge is 2.32. The quantitative estimate of drug-likeness (QED) is 0.900. The summed E-state index contributed by atoms with van der Waals surface area (Å²) in [7, 11) is -2.00. The Balaban J connectivity index is 2.28. The normalized spacial score (nSPS) is 17.4. The topological polar surface area (TPSA) is 89.7 Å². The molecule has 0 spiro atoms.